The summed E-state index contributed by atoms with van der Waals surface area (Å²) in [6.45, 7) is 0.0773. The molecule has 0 unspecified atom stereocenters. The number of carbonyl (C=O) groups excluding carboxylic acids is 2. The number of anilines is 2. The standard InChI is InChI=1S/C16H16ClN3O2/c1-18-16(22)11-5-4-6-12(9-11)20-15(21)10-19-14-8-3-2-7-13(14)17/h2-9,19H,10H2,1H3,(H,18,22)(H,20,21). The maximum absolute atomic E-state index is 11.9. The van der Waals surface area contributed by atoms with Gasteiger partial charge in [-0.05, 0) is 30.3 Å². The van der Waals surface area contributed by atoms with Crippen molar-refractivity contribution in [3.05, 3.63) is 59.1 Å². The Morgan fingerprint density at radius 1 is 1.09 bits per heavy atom. The molecule has 0 fully saturated rings. The molecule has 0 aliphatic heterocycles. The zero-order chi connectivity index (χ0) is 15.9. The Morgan fingerprint density at radius 2 is 1.86 bits per heavy atom. The Bertz CT molecular complexity index is 689. The third kappa shape index (κ3) is 4.23. The average molecular weight is 318 g/mol. The van der Waals surface area contributed by atoms with Crippen LogP contribution in [0.4, 0.5) is 11.4 Å². The first-order chi connectivity index (χ1) is 10.6. The van der Waals surface area contributed by atoms with Gasteiger partial charge < -0.3 is 16.0 Å². The summed E-state index contributed by atoms with van der Waals surface area (Å²) in [6.07, 6.45) is 0. The summed E-state index contributed by atoms with van der Waals surface area (Å²) in [5.41, 5.74) is 1.74. The van der Waals surface area contributed by atoms with E-state index in [1.54, 1.807) is 43.4 Å². The van der Waals surface area contributed by atoms with Gasteiger partial charge in [-0.1, -0.05) is 29.8 Å². The number of nitrogens with one attached hydrogen (secondary N) is 3. The molecule has 5 nitrogen and oxygen atoms in total. The molecule has 3 N–H and O–H groups in total. The highest BCUT2D eigenvalue weighted by atomic mass is 35.5. The molecule has 0 aromatic heterocycles. The number of rotatable bonds is 5. The molecule has 2 aromatic carbocycles. The number of benzene rings is 2. The number of halogens is 1. The molecule has 2 amide bonds. The second-order valence-corrected chi connectivity index (χ2v) is 4.95. The lowest BCUT2D eigenvalue weighted by atomic mass is 10.2. The average Bonchev–Trinajstić information content (AvgIpc) is 2.53. The minimum atomic E-state index is -0.228. The van der Waals surface area contributed by atoms with Gasteiger partial charge in [0.1, 0.15) is 0 Å². The summed E-state index contributed by atoms with van der Waals surface area (Å²) in [5, 5.41) is 8.77. The molecule has 0 atom stereocenters. The predicted octanol–water partition coefficient (Wildman–Crippen LogP) is 2.75. The van der Waals surface area contributed by atoms with E-state index in [0.29, 0.717) is 22.0 Å². The van der Waals surface area contributed by atoms with Gasteiger partial charge in [0.2, 0.25) is 5.91 Å². The molecule has 0 saturated heterocycles. The van der Waals surface area contributed by atoms with Crippen LogP contribution in [0.5, 0.6) is 0 Å². The first kappa shape index (κ1) is 15.9. The Morgan fingerprint density at radius 3 is 2.59 bits per heavy atom. The van der Waals surface area contributed by atoms with Crippen molar-refractivity contribution in [3.63, 3.8) is 0 Å². The number of carbonyl (C=O) groups is 2. The van der Waals surface area contributed by atoms with Crippen LogP contribution in [0.1, 0.15) is 10.4 Å². The van der Waals surface area contributed by atoms with Crippen molar-refractivity contribution in [2.45, 2.75) is 0 Å². The van der Waals surface area contributed by atoms with Gasteiger partial charge in [0.25, 0.3) is 5.91 Å². The van der Waals surface area contributed by atoms with E-state index in [2.05, 4.69) is 16.0 Å². The molecule has 0 spiro atoms. The molecule has 2 rings (SSSR count). The van der Waals surface area contributed by atoms with Crippen LogP contribution in [0, 0.1) is 0 Å². The molecule has 0 bridgehead atoms. The minimum absolute atomic E-state index is 0.0773. The van der Waals surface area contributed by atoms with Gasteiger partial charge in [0.15, 0.2) is 0 Å². The summed E-state index contributed by atoms with van der Waals surface area (Å²) in [4.78, 5) is 23.5. The first-order valence-corrected chi connectivity index (χ1v) is 7.08. The summed E-state index contributed by atoms with van der Waals surface area (Å²) < 4.78 is 0. The fraction of sp³-hybridized carbons (Fsp3) is 0.125. The van der Waals surface area contributed by atoms with Crippen LogP contribution in [-0.2, 0) is 4.79 Å². The van der Waals surface area contributed by atoms with Gasteiger partial charge in [0, 0.05) is 18.3 Å². The van der Waals surface area contributed by atoms with Crippen molar-refractivity contribution in [1.29, 1.82) is 0 Å². The van der Waals surface area contributed by atoms with E-state index in [0.717, 1.165) is 0 Å². The fourth-order valence-electron chi connectivity index (χ4n) is 1.87. The van der Waals surface area contributed by atoms with Gasteiger partial charge in [-0.25, -0.2) is 0 Å². The van der Waals surface area contributed by atoms with Crippen molar-refractivity contribution in [3.8, 4) is 0 Å². The van der Waals surface area contributed by atoms with Crippen molar-refractivity contribution < 1.29 is 9.59 Å². The number of para-hydroxylation sites is 1. The van der Waals surface area contributed by atoms with E-state index in [9.17, 15) is 9.59 Å². The maximum atomic E-state index is 11.9. The molecule has 114 valence electrons. The van der Waals surface area contributed by atoms with Gasteiger partial charge in [-0.15, -0.1) is 0 Å². The van der Waals surface area contributed by atoms with Crippen LogP contribution in [-0.4, -0.2) is 25.4 Å². The van der Waals surface area contributed by atoms with Gasteiger partial charge in [-0.2, -0.15) is 0 Å². The number of amides is 2. The first-order valence-electron chi connectivity index (χ1n) is 6.70. The van der Waals surface area contributed by atoms with E-state index in [1.165, 1.54) is 0 Å². The summed E-state index contributed by atoms with van der Waals surface area (Å²) in [7, 11) is 1.56. The minimum Gasteiger partial charge on any atom is -0.375 e. The molecular formula is C16H16ClN3O2. The van der Waals surface area contributed by atoms with Crippen molar-refractivity contribution in [2.24, 2.45) is 0 Å². The van der Waals surface area contributed by atoms with Crippen LogP contribution in [0.25, 0.3) is 0 Å². The van der Waals surface area contributed by atoms with Gasteiger partial charge >= 0.3 is 0 Å². The van der Waals surface area contributed by atoms with E-state index in [-0.39, 0.29) is 18.4 Å². The highest BCUT2D eigenvalue weighted by molar-refractivity contribution is 6.33. The molecular weight excluding hydrogens is 302 g/mol. The molecule has 0 radical (unpaired) electrons. The normalized spacial score (nSPS) is 9.91. The summed E-state index contributed by atoms with van der Waals surface area (Å²) in [5.74, 6) is -0.431. The third-order valence-corrected chi connectivity index (χ3v) is 3.28. The Hall–Kier alpha value is -2.53. The monoisotopic (exact) mass is 317 g/mol. The Balaban J connectivity index is 1.95. The smallest absolute Gasteiger partial charge is 0.251 e. The molecule has 0 aliphatic carbocycles. The van der Waals surface area contributed by atoms with E-state index >= 15 is 0 Å². The van der Waals surface area contributed by atoms with E-state index in [4.69, 9.17) is 11.6 Å². The highest BCUT2D eigenvalue weighted by Crippen LogP contribution is 2.20. The van der Waals surface area contributed by atoms with Crippen molar-refractivity contribution in [1.82, 2.24) is 5.32 Å². The third-order valence-electron chi connectivity index (χ3n) is 2.95. The van der Waals surface area contributed by atoms with Crippen LogP contribution in [0.15, 0.2) is 48.5 Å². The second-order valence-electron chi connectivity index (χ2n) is 4.54. The molecule has 22 heavy (non-hydrogen) atoms. The second kappa shape index (κ2) is 7.47. The van der Waals surface area contributed by atoms with Crippen LogP contribution in [0.2, 0.25) is 5.02 Å². The molecule has 0 aliphatic rings. The largest absolute Gasteiger partial charge is 0.375 e. The van der Waals surface area contributed by atoms with E-state index in [1.807, 2.05) is 12.1 Å². The quantitative estimate of drug-likeness (QED) is 0.794. The topological polar surface area (TPSA) is 70.2 Å². The lowest BCUT2D eigenvalue weighted by Gasteiger charge is -2.09. The maximum Gasteiger partial charge on any atom is 0.251 e. The highest BCUT2D eigenvalue weighted by Gasteiger charge is 2.07. The molecule has 2 aromatic rings. The molecule has 6 heteroatoms. The molecule has 0 heterocycles. The van der Waals surface area contributed by atoms with Crippen LogP contribution < -0.4 is 16.0 Å². The Kier molecular flexibility index (Phi) is 5.38. The van der Waals surface area contributed by atoms with E-state index < -0.39 is 0 Å². The van der Waals surface area contributed by atoms with Crippen LogP contribution >= 0.6 is 11.6 Å². The zero-order valence-corrected chi connectivity index (χ0v) is 12.8. The fourth-order valence-corrected chi connectivity index (χ4v) is 2.07. The SMILES string of the molecule is CNC(=O)c1cccc(NC(=O)CNc2ccccc2Cl)c1. The van der Waals surface area contributed by atoms with Crippen molar-refractivity contribution >= 4 is 34.8 Å². The summed E-state index contributed by atoms with van der Waals surface area (Å²) >= 11 is 6.00. The molecule has 0 saturated carbocycles. The van der Waals surface area contributed by atoms with Crippen LogP contribution in [0.3, 0.4) is 0 Å². The lowest BCUT2D eigenvalue weighted by Crippen LogP contribution is -2.22. The Labute approximate surface area is 133 Å². The number of hydrogen-bond donors (Lipinski definition) is 3. The lowest BCUT2D eigenvalue weighted by molar-refractivity contribution is -0.114. The van der Waals surface area contributed by atoms with Gasteiger partial charge in [0.05, 0.1) is 17.3 Å². The zero-order valence-electron chi connectivity index (χ0n) is 12.0. The number of hydrogen-bond acceptors (Lipinski definition) is 3. The van der Waals surface area contributed by atoms with Crippen molar-refractivity contribution in [2.75, 3.05) is 24.2 Å². The van der Waals surface area contributed by atoms with Gasteiger partial charge in [-0.3, -0.25) is 9.59 Å². The summed E-state index contributed by atoms with van der Waals surface area (Å²) in [6, 6.07) is 13.9. The predicted molar refractivity (Wildman–Crippen MR) is 88.4 cm³/mol.